The predicted molar refractivity (Wildman–Crippen MR) is 278 cm³/mol. The highest BCUT2D eigenvalue weighted by Gasteiger charge is 2.20. The molecule has 0 aromatic rings. The normalized spacial score (nSPS) is 12.8. The summed E-state index contributed by atoms with van der Waals surface area (Å²) in [5.74, 6) is -0.0731. The standard InChI is InChI=1S/C58H111NO5/c1-3-5-7-9-11-13-15-17-27-30-34-38-42-46-50-56(61)55(54-60)59-57(62)51-47-43-39-35-31-28-25-23-21-19-18-20-22-24-26-29-33-37-41-45-49-53-64-58(63)52-48-44-40-36-32-16-14-12-10-8-6-4-2/h29,33,41,45,55-56,60-61H,3-28,30-32,34-40,42-44,46-54H2,1-2H3,(H,59,62)/b33-29-,45-41-. The number of ether oxygens (including phenoxy) is 1. The van der Waals surface area contributed by atoms with E-state index in [4.69, 9.17) is 4.74 Å². The Labute approximate surface area is 399 Å². The molecule has 0 aliphatic rings. The van der Waals surface area contributed by atoms with Gasteiger partial charge in [-0.15, -0.1) is 0 Å². The van der Waals surface area contributed by atoms with E-state index in [2.05, 4.69) is 43.5 Å². The molecule has 2 unspecified atom stereocenters. The van der Waals surface area contributed by atoms with E-state index in [1.807, 2.05) is 0 Å². The maximum atomic E-state index is 12.5. The number of unbranched alkanes of at least 4 members (excludes halogenated alkanes) is 38. The quantitative estimate of drug-likeness (QED) is 0.0321. The maximum absolute atomic E-state index is 12.5. The van der Waals surface area contributed by atoms with Crippen LogP contribution in [0.15, 0.2) is 24.3 Å². The van der Waals surface area contributed by atoms with Crippen LogP contribution < -0.4 is 5.32 Å². The highest BCUT2D eigenvalue weighted by molar-refractivity contribution is 5.76. The smallest absolute Gasteiger partial charge is 0.305 e. The van der Waals surface area contributed by atoms with Gasteiger partial charge < -0.3 is 20.3 Å². The Kier molecular flexibility index (Phi) is 52.6. The molecule has 0 fully saturated rings. The van der Waals surface area contributed by atoms with Gasteiger partial charge in [-0.25, -0.2) is 0 Å². The number of aliphatic hydroxyl groups is 2. The van der Waals surface area contributed by atoms with Crippen LogP contribution >= 0.6 is 0 Å². The first-order chi connectivity index (χ1) is 31.5. The lowest BCUT2D eigenvalue weighted by atomic mass is 10.0. The molecule has 0 bridgehead atoms. The molecule has 0 spiro atoms. The zero-order valence-corrected chi connectivity index (χ0v) is 43.0. The Balaban J connectivity index is 3.45. The molecule has 0 aromatic heterocycles. The van der Waals surface area contributed by atoms with Crippen LogP contribution in [0.25, 0.3) is 0 Å². The lowest BCUT2D eigenvalue weighted by Gasteiger charge is -2.22. The van der Waals surface area contributed by atoms with E-state index in [1.165, 1.54) is 225 Å². The Morgan fingerprint density at radius 1 is 0.438 bits per heavy atom. The van der Waals surface area contributed by atoms with Gasteiger partial charge in [0.25, 0.3) is 0 Å². The Bertz CT molecular complexity index is 997. The van der Waals surface area contributed by atoms with Crippen molar-refractivity contribution in [3.63, 3.8) is 0 Å². The van der Waals surface area contributed by atoms with E-state index in [0.717, 1.165) is 51.4 Å². The first-order valence-corrected chi connectivity index (χ1v) is 28.6. The zero-order valence-electron chi connectivity index (χ0n) is 43.0. The third-order valence-corrected chi connectivity index (χ3v) is 13.3. The van der Waals surface area contributed by atoms with Crippen molar-refractivity contribution in [2.45, 2.75) is 321 Å². The van der Waals surface area contributed by atoms with Gasteiger partial charge in [0, 0.05) is 12.8 Å². The second kappa shape index (κ2) is 54.0. The second-order valence-electron chi connectivity index (χ2n) is 19.6. The molecular weight excluding hydrogens is 791 g/mol. The monoisotopic (exact) mass is 902 g/mol. The third kappa shape index (κ3) is 49.8. The van der Waals surface area contributed by atoms with Crippen molar-refractivity contribution in [3.8, 4) is 0 Å². The molecule has 0 heterocycles. The first-order valence-electron chi connectivity index (χ1n) is 28.6. The number of hydrogen-bond acceptors (Lipinski definition) is 5. The number of nitrogens with one attached hydrogen (secondary N) is 1. The summed E-state index contributed by atoms with van der Waals surface area (Å²) in [5, 5.41) is 23.2. The van der Waals surface area contributed by atoms with Crippen molar-refractivity contribution < 1.29 is 24.5 Å². The molecule has 0 aromatic carbocycles. The number of amides is 1. The molecule has 1 amide bonds. The van der Waals surface area contributed by atoms with Gasteiger partial charge in [-0.3, -0.25) is 9.59 Å². The Hall–Kier alpha value is -1.66. The van der Waals surface area contributed by atoms with Crippen LogP contribution in [0.1, 0.15) is 309 Å². The molecule has 64 heavy (non-hydrogen) atoms. The summed E-state index contributed by atoms with van der Waals surface area (Å²) in [6.45, 7) is 4.85. The van der Waals surface area contributed by atoms with Crippen LogP contribution in [0.4, 0.5) is 0 Å². The van der Waals surface area contributed by atoms with Crippen molar-refractivity contribution in [2.24, 2.45) is 0 Å². The minimum absolute atomic E-state index is 0.0344. The molecule has 0 saturated heterocycles. The Morgan fingerprint density at radius 2 is 0.781 bits per heavy atom. The van der Waals surface area contributed by atoms with Crippen molar-refractivity contribution in [3.05, 3.63) is 24.3 Å². The molecule has 2 atom stereocenters. The van der Waals surface area contributed by atoms with E-state index < -0.39 is 12.1 Å². The van der Waals surface area contributed by atoms with E-state index in [0.29, 0.717) is 25.9 Å². The topological polar surface area (TPSA) is 95.9 Å². The van der Waals surface area contributed by atoms with Gasteiger partial charge in [0.2, 0.25) is 5.91 Å². The summed E-state index contributed by atoms with van der Waals surface area (Å²) in [5.41, 5.74) is 0. The SMILES string of the molecule is CCCCCCCCCCCCCCCCC(O)C(CO)NC(=O)CCCCCCCCCCCCCCCC/C=C\C/C=C\CCOC(=O)CCCCCCCCCCCCCC. The number of allylic oxidation sites excluding steroid dienone is 3. The fraction of sp³-hybridized carbons (Fsp3) is 0.897. The fourth-order valence-electron chi connectivity index (χ4n) is 8.89. The average Bonchev–Trinajstić information content (AvgIpc) is 3.29. The molecule has 6 heteroatoms. The average molecular weight is 903 g/mol. The van der Waals surface area contributed by atoms with Crippen LogP contribution in [-0.4, -0.2) is 47.4 Å². The van der Waals surface area contributed by atoms with Crippen LogP contribution in [0.2, 0.25) is 0 Å². The van der Waals surface area contributed by atoms with Crippen LogP contribution in [0.5, 0.6) is 0 Å². The van der Waals surface area contributed by atoms with Crippen molar-refractivity contribution >= 4 is 11.9 Å². The number of aliphatic hydroxyl groups excluding tert-OH is 2. The number of hydrogen-bond donors (Lipinski definition) is 3. The zero-order chi connectivity index (χ0) is 46.5. The maximum Gasteiger partial charge on any atom is 0.305 e. The largest absolute Gasteiger partial charge is 0.465 e. The van der Waals surface area contributed by atoms with E-state index >= 15 is 0 Å². The number of rotatable bonds is 53. The molecule has 378 valence electrons. The number of carbonyl (C=O) groups excluding carboxylic acids is 2. The van der Waals surface area contributed by atoms with Crippen LogP contribution in [0.3, 0.4) is 0 Å². The van der Waals surface area contributed by atoms with Gasteiger partial charge >= 0.3 is 5.97 Å². The summed E-state index contributed by atoms with van der Waals surface area (Å²) < 4.78 is 5.40. The van der Waals surface area contributed by atoms with Crippen molar-refractivity contribution in [2.75, 3.05) is 13.2 Å². The molecule has 0 rings (SSSR count). The van der Waals surface area contributed by atoms with Gasteiger partial charge in [-0.05, 0) is 44.9 Å². The molecule has 0 aliphatic carbocycles. The van der Waals surface area contributed by atoms with Crippen LogP contribution in [0, 0.1) is 0 Å². The van der Waals surface area contributed by atoms with Crippen molar-refractivity contribution in [1.29, 1.82) is 0 Å². The molecule has 3 N–H and O–H groups in total. The minimum atomic E-state index is -0.667. The summed E-state index contributed by atoms with van der Waals surface area (Å²) in [6, 6.07) is -0.544. The third-order valence-electron chi connectivity index (χ3n) is 13.3. The number of carbonyl (C=O) groups is 2. The van der Waals surface area contributed by atoms with Crippen LogP contribution in [-0.2, 0) is 14.3 Å². The van der Waals surface area contributed by atoms with E-state index in [1.54, 1.807) is 0 Å². The first kappa shape index (κ1) is 62.3. The Morgan fingerprint density at radius 3 is 1.19 bits per heavy atom. The lowest BCUT2D eigenvalue weighted by Crippen LogP contribution is -2.45. The lowest BCUT2D eigenvalue weighted by molar-refractivity contribution is -0.143. The molecular formula is C58H111NO5. The molecule has 0 aliphatic heterocycles. The van der Waals surface area contributed by atoms with E-state index in [9.17, 15) is 19.8 Å². The fourth-order valence-corrected chi connectivity index (χ4v) is 8.89. The summed E-state index contributed by atoms with van der Waals surface area (Å²) >= 11 is 0. The van der Waals surface area contributed by atoms with Gasteiger partial charge in [0.15, 0.2) is 0 Å². The molecule has 6 nitrogen and oxygen atoms in total. The van der Waals surface area contributed by atoms with Gasteiger partial charge in [0.1, 0.15) is 0 Å². The molecule has 0 radical (unpaired) electrons. The summed E-state index contributed by atoms with van der Waals surface area (Å²) in [6.07, 6.45) is 64.7. The van der Waals surface area contributed by atoms with E-state index in [-0.39, 0.29) is 18.5 Å². The summed E-state index contributed by atoms with van der Waals surface area (Å²) in [4.78, 5) is 24.4. The minimum Gasteiger partial charge on any atom is -0.465 e. The van der Waals surface area contributed by atoms with Crippen molar-refractivity contribution in [1.82, 2.24) is 5.32 Å². The molecule has 0 saturated carbocycles. The highest BCUT2D eigenvalue weighted by atomic mass is 16.5. The predicted octanol–water partition coefficient (Wildman–Crippen LogP) is 17.5. The van der Waals surface area contributed by atoms with Gasteiger partial charge in [-0.1, -0.05) is 276 Å². The second-order valence-corrected chi connectivity index (χ2v) is 19.6. The van der Waals surface area contributed by atoms with Gasteiger partial charge in [0.05, 0.1) is 25.4 Å². The number of esters is 1. The van der Waals surface area contributed by atoms with Gasteiger partial charge in [-0.2, -0.15) is 0 Å². The summed E-state index contributed by atoms with van der Waals surface area (Å²) in [7, 11) is 0. The highest BCUT2D eigenvalue weighted by Crippen LogP contribution is 2.17.